The molecule has 1 aromatic carbocycles. The first kappa shape index (κ1) is 24.6. The average molecular weight is 511 g/mol. The van der Waals surface area contributed by atoms with E-state index in [9.17, 15) is 9.59 Å². The van der Waals surface area contributed by atoms with E-state index in [0.29, 0.717) is 25.0 Å². The Bertz CT molecular complexity index is 1230. The highest BCUT2D eigenvalue weighted by Crippen LogP contribution is 2.48. The van der Waals surface area contributed by atoms with Gasteiger partial charge in [0.15, 0.2) is 0 Å². The largest absolute Gasteiger partial charge is 0.373 e. The third kappa shape index (κ3) is 4.49. The van der Waals surface area contributed by atoms with Crippen molar-refractivity contribution in [3.8, 4) is 0 Å². The topological polar surface area (TPSA) is 84.2 Å². The molecule has 0 bridgehead atoms. The highest BCUT2D eigenvalue weighted by atomic mass is 19.1. The molecule has 2 aromatic rings. The van der Waals surface area contributed by atoms with E-state index in [1.165, 1.54) is 11.1 Å². The molecule has 9 heteroatoms. The third-order valence-electron chi connectivity index (χ3n) is 9.38. The number of anilines is 1. The van der Waals surface area contributed by atoms with Crippen LogP contribution in [-0.4, -0.2) is 49.8 Å². The summed E-state index contributed by atoms with van der Waals surface area (Å²) in [5, 5.41) is 11.3. The van der Waals surface area contributed by atoms with Crippen LogP contribution in [0, 0.1) is 18.7 Å². The Morgan fingerprint density at radius 1 is 1.11 bits per heavy atom. The molecule has 2 aliphatic carbocycles. The van der Waals surface area contributed by atoms with Crippen molar-refractivity contribution in [2.24, 2.45) is 13.0 Å². The van der Waals surface area contributed by atoms with Gasteiger partial charge in [-0.2, -0.15) is 5.10 Å². The molecule has 4 aliphatic rings. The molecule has 200 valence electrons. The molecule has 2 saturated carbocycles. The second kappa shape index (κ2) is 9.89. The highest BCUT2D eigenvalue weighted by molar-refractivity contribution is 5.89. The first-order valence-electron chi connectivity index (χ1n) is 14.1. The van der Waals surface area contributed by atoms with Gasteiger partial charge in [0.1, 0.15) is 17.7 Å². The number of hydrogen-bond acceptors (Lipinski definition) is 5. The zero-order valence-electron chi connectivity index (χ0n) is 22.0. The number of aromatic nitrogens is 3. The fourth-order valence-corrected chi connectivity index (χ4v) is 7.48. The van der Waals surface area contributed by atoms with Gasteiger partial charge in [-0.25, -0.2) is 13.9 Å². The van der Waals surface area contributed by atoms with Crippen molar-refractivity contribution in [1.29, 1.82) is 0 Å². The Labute approximate surface area is 217 Å². The summed E-state index contributed by atoms with van der Waals surface area (Å²) < 4.78 is 18.3. The van der Waals surface area contributed by atoms with Crippen LogP contribution in [0.5, 0.6) is 0 Å². The van der Waals surface area contributed by atoms with Gasteiger partial charge < -0.3 is 10.6 Å². The maximum Gasteiger partial charge on any atom is 0.345 e. The SMILES string of the molecule is Cc1ccc(F)c2c1NC(C(=O)N[C@@H]1CCC[C@@H](N3CCn4c(nn(C)c4=O)C3)C1)C2C1CCCCC1. The van der Waals surface area contributed by atoms with Crippen molar-refractivity contribution in [3.05, 3.63) is 45.4 Å². The molecule has 2 unspecified atom stereocenters. The summed E-state index contributed by atoms with van der Waals surface area (Å²) in [6, 6.07) is 3.41. The summed E-state index contributed by atoms with van der Waals surface area (Å²) in [5.74, 6) is 0.865. The number of nitrogens with one attached hydrogen (secondary N) is 2. The molecule has 1 amide bonds. The molecule has 2 N–H and O–H groups in total. The predicted molar refractivity (Wildman–Crippen MR) is 140 cm³/mol. The lowest BCUT2D eigenvalue weighted by atomic mass is 9.74. The lowest BCUT2D eigenvalue weighted by Crippen LogP contribution is -2.51. The minimum absolute atomic E-state index is 0.00781. The van der Waals surface area contributed by atoms with Crippen LogP contribution in [0.4, 0.5) is 10.1 Å². The number of carbonyl (C=O) groups excluding carboxylic acids is 1. The monoisotopic (exact) mass is 510 g/mol. The second-order valence-electron chi connectivity index (χ2n) is 11.7. The second-order valence-corrected chi connectivity index (χ2v) is 11.7. The van der Waals surface area contributed by atoms with E-state index in [1.807, 2.05) is 13.0 Å². The van der Waals surface area contributed by atoms with Crippen LogP contribution in [0.3, 0.4) is 0 Å². The number of fused-ring (bicyclic) bond motifs is 2. The maximum atomic E-state index is 15.2. The minimum Gasteiger partial charge on any atom is -0.373 e. The lowest BCUT2D eigenvalue weighted by Gasteiger charge is -2.39. The maximum absolute atomic E-state index is 15.2. The van der Waals surface area contributed by atoms with Gasteiger partial charge >= 0.3 is 5.69 Å². The van der Waals surface area contributed by atoms with Crippen LogP contribution in [0.25, 0.3) is 0 Å². The van der Waals surface area contributed by atoms with Gasteiger partial charge in [-0.15, -0.1) is 0 Å². The van der Waals surface area contributed by atoms with Crippen molar-refractivity contribution in [2.75, 3.05) is 11.9 Å². The summed E-state index contributed by atoms with van der Waals surface area (Å²) >= 11 is 0. The first-order chi connectivity index (χ1) is 17.9. The van der Waals surface area contributed by atoms with E-state index in [0.717, 1.165) is 80.6 Å². The van der Waals surface area contributed by atoms with Gasteiger partial charge in [0, 0.05) is 49.4 Å². The summed E-state index contributed by atoms with van der Waals surface area (Å²) in [6.07, 6.45) is 9.65. The Kier molecular flexibility index (Phi) is 6.59. The van der Waals surface area contributed by atoms with Gasteiger partial charge in [0.2, 0.25) is 5.91 Å². The lowest BCUT2D eigenvalue weighted by molar-refractivity contribution is -0.123. The predicted octanol–water partition coefficient (Wildman–Crippen LogP) is 3.43. The van der Waals surface area contributed by atoms with Gasteiger partial charge in [-0.1, -0.05) is 25.3 Å². The molecule has 0 spiro atoms. The molecule has 2 fully saturated rings. The van der Waals surface area contributed by atoms with Crippen LogP contribution in [0.15, 0.2) is 16.9 Å². The first-order valence-corrected chi connectivity index (χ1v) is 14.1. The number of rotatable bonds is 4. The number of halogens is 1. The van der Waals surface area contributed by atoms with E-state index in [-0.39, 0.29) is 29.4 Å². The Balaban J connectivity index is 1.16. The van der Waals surface area contributed by atoms with E-state index in [1.54, 1.807) is 17.7 Å². The number of carbonyl (C=O) groups is 1. The van der Waals surface area contributed by atoms with E-state index < -0.39 is 6.04 Å². The number of hydrogen-bond donors (Lipinski definition) is 2. The standard InChI is InChI=1S/C28H39FN6O2/c1-17-11-12-21(29)24-23(18-7-4-3-5-8-18)26(31-25(17)24)27(36)30-19-9-6-10-20(15-19)34-13-14-35-22(16-34)32-33(2)28(35)37/h11-12,18-20,23,26,31H,3-10,13-16H2,1-2H3,(H,30,36)/t19-,20-,23?,26?/m1/s1. The van der Waals surface area contributed by atoms with Gasteiger partial charge in [0.25, 0.3) is 0 Å². The highest BCUT2D eigenvalue weighted by Gasteiger charge is 2.44. The fraction of sp³-hybridized carbons (Fsp3) is 0.679. The molecule has 2 aliphatic heterocycles. The van der Waals surface area contributed by atoms with Crippen molar-refractivity contribution in [3.63, 3.8) is 0 Å². The van der Waals surface area contributed by atoms with Crippen molar-refractivity contribution in [1.82, 2.24) is 24.6 Å². The summed E-state index contributed by atoms with van der Waals surface area (Å²) in [7, 11) is 1.70. The smallest absolute Gasteiger partial charge is 0.345 e. The molecule has 3 heterocycles. The summed E-state index contributed by atoms with van der Waals surface area (Å²) in [4.78, 5) is 28.4. The Hall–Kier alpha value is -2.68. The number of nitrogens with zero attached hydrogens (tertiary/aromatic N) is 4. The molecular formula is C28H39FN6O2. The van der Waals surface area contributed by atoms with E-state index >= 15 is 4.39 Å². The Morgan fingerprint density at radius 2 is 1.92 bits per heavy atom. The van der Waals surface area contributed by atoms with E-state index in [2.05, 4.69) is 20.6 Å². The molecule has 4 atom stereocenters. The van der Waals surface area contributed by atoms with Crippen LogP contribution in [0.2, 0.25) is 0 Å². The van der Waals surface area contributed by atoms with Crippen LogP contribution >= 0.6 is 0 Å². The fourth-order valence-electron chi connectivity index (χ4n) is 7.48. The molecule has 1 aromatic heterocycles. The quantitative estimate of drug-likeness (QED) is 0.659. The Morgan fingerprint density at radius 3 is 2.73 bits per heavy atom. The van der Waals surface area contributed by atoms with Gasteiger partial charge in [-0.05, 0) is 63.0 Å². The molecule has 8 nitrogen and oxygen atoms in total. The number of benzene rings is 1. The zero-order chi connectivity index (χ0) is 25.7. The third-order valence-corrected chi connectivity index (χ3v) is 9.38. The molecular weight excluding hydrogens is 471 g/mol. The molecule has 6 rings (SSSR count). The van der Waals surface area contributed by atoms with Crippen molar-refractivity contribution >= 4 is 11.6 Å². The number of aryl methyl sites for hydroxylation is 2. The van der Waals surface area contributed by atoms with Crippen LogP contribution in [0.1, 0.15) is 80.7 Å². The molecule has 0 saturated heterocycles. The number of amides is 1. The van der Waals surface area contributed by atoms with Crippen LogP contribution < -0.4 is 16.3 Å². The van der Waals surface area contributed by atoms with Crippen molar-refractivity contribution < 1.29 is 9.18 Å². The molecule has 37 heavy (non-hydrogen) atoms. The molecule has 0 radical (unpaired) electrons. The van der Waals surface area contributed by atoms with Crippen LogP contribution in [-0.2, 0) is 24.9 Å². The van der Waals surface area contributed by atoms with Crippen molar-refractivity contribution in [2.45, 2.75) is 102 Å². The minimum atomic E-state index is -0.424. The normalized spacial score (nSPS) is 28.4. The van der Waals surface area contributed by atoms with E-state index in [4.69, 9.17) is 0 Å². The summed E-state index contributed by atoms with van der Waals surface area (Å²) in [5.41, 5.74) is 2.51. The average Bonchev–Trinajstić information content (AvgIpc) is 3.45. The van der Waals surface area contributed by atoms with Gasteiger partial charge in [0.05, 0.1) is 6.54 Å². The summed E-state index contributed by atoms with van der Waals surface area (Å²) in [6.45, 7) is 4.15. The zero-order valence-corrected chi connectivity index (χ0v) is 22.0. The van der Waals surface area contributed by atoms with Gasteiger partial charge in [-0.3, -0.25) is 14.3 Å².